The molecular weight excluding hydrogens is 1020 g/mol. The van der Waals surface area contributed by atoms with Crippen molar-refractivity contribution in [2.75, 3.05) is 19.8 Å². The SMILES string of the molecule is CC(=O)OC[C@H]1O[C@@H](SCc2ccc(O)c(C=O)c2)[C@H](OC(C)=O)[C@@H](OC(C)=O)[C@@H]1O[C@H]1O[C@H](COC(C)=O)[C@@H](O[C@H]2O[C@H](COC(C)=O)[C@@H](OC(C)=O)[C@H](OC(C)=O)[C@H]2OC(C)=O)[C@H](OC(C)=O)[C@H]1OC(C)=O. The number of carbonyl (C=O) groups excluding carboxylic acids is 11. The predicted octanol–water partition coefficient (Wildman–Crippen LogP) is 0.594. The molecule has 0 unspecified atom stereocenters. The molecule has 1 aromatic rings. The molecule has 0 bridgehead atoms. The Bertz CT molecular complexity index is 2230. The smallest absolute Gasteiger partial charge is 0.303 e. The highest BCUT2D eigenvalue weighted by Gasteiger charge is 2.60. The molecule has 74 heavy (non-hydrogen) atoms. The number of esters is 10. The molecule has 1 aromatic carbocycles. The summed E-state index contributed by atoms with van der Waals surface area (Å²) in [5, 5.41) is 10.1. The maximum atomic E-state index is 13.1. The van der Waals surface area contributed by atoms with E-state index in [9.17, 15) is 57.8 Å². The van der Waals surface area contributed by atoms with E-state index in [0.717, 1.165) is 81.0 Å². The number of rotatable bonds is 21. The molecule has 4 rings (SSSR count). The van der Waals surface area contributed by atoms with Gasteiger partial charge in [-0.15, -0.1) is 11.8 Å². The highest BCUT2D eigenvalue weighted by atomic mass is 32.2. The molecule has 3 saturated heterocycles. The summed E-state index contributed by atoms with van der Waals surface area (Å²) < 4.78 is 87.1. The minimum Gasteiger partial charge on any atom is -0.507 e. The third-order valence-corrected chi connectivity index (χ3v) is 11.7. The first-order chi connectivity index (χ1) is 34.8. The highest BCUT2D eigenvalue weighted by molar-refractivity contribution is 7.99. The van der Waals surface area contributed by atoms with Crippen molar-refractivity contribution in [3.8, 4) is 5.75 Å². The van der Waals surface area contributed by atoms with Gasteiger partial charge in [-0.3, -0.25) is 52.7 Å². The van der Waals surface area contributed by atoms with Crippen LogP contribution in [-0.2, 0) is 125 Å². The van der Waals surface area contributed by atoms with Crippen LogP contribution in [-0.4, -0.2) is 182 Å². The van der Waals surface area contributed by atoms with E-state index in [1.807, 2.05) is 0 Å². The number of benzene rings is 1. The molecule has 15 atom stereocenters. The van der Waals surface area contributed by atoms with E-state index in [2.05, 4.69) is 0 Å². The van der Waals surface area contributed by atoms with Gasteiger partial charge < -0.3 is 76.2 Å². The quantitative estimate of drug-likeness (QED) is 0.100. The van der Waals surface area contributed by atoms with Gasteiger partial charge in [0.2, 0.25) is 0 Å². The Kier molecular flexibility index (Phi) is 22.5. The molecule has 3 aliphatic rings. The molecule has 1 N–H and O–H groups in total. The Morgan fingerprint density at radius 1 is 0.459 bits per heavy atom. The van der Waals surface area contributed by atoms with Crippen LogP contribution >= 0.6 is 11.8 Å². The van der Waals surface area contributed by atoms with Gasteiger partial charge in [0, 0.05) is 75.0 Å². The number of ether oxygens (including phenoxy) is 15. The molecule has 410 valence electrons. The van der Waals surface area contributed by atoms with Crippen LogP contribution in [0.5, 0.6) is 5.75 Å². The van der Waals surface area contributed by atoms with Crippen LogP contribution < -0.4 is 0 Å². The Hall–Kier alpha value is -6.46. The molecule has 27 nitrogen and oxygen atoms in total. The second-order valence-electron chi connectivity index (χ2n) is 16.6. The Balaban J connectivity index is 1.90. The highest BCUT2D eigenvalue weighted by Crippen LogP contribution is 2.40. The maximum absolute atomic E-state index is 13.1. The van der Waals surface area contributed by atoms with Gasteiger partial charge in [0.15, 0.2) is 61.6 Å². The number of phenolic OH excluding ortho intramolecular Hbond substituents is 1. The van der Waals surface area contributed by atoms with Gasteiger partial charge in [0.1, 0.15) is 61.5 Å². The van der Waals surface area contributed by atoms with Gasteiger partial charge in [0.05, 0.1) is 5.56 Å². The van der Waals surface area contributed by atoms with Crippen molar-refractivity contribution < 1.29 is 129 Å². The first-order valence-corrected chi connectivity index (χ1v) is 23.6. The van der Waals surface area contributed by atoms with Crippen molar-refractivity contribution in [3.63, 3.8) is 0 Å². The van der Waals surface area contributed by atoms with Crippen LogP contribution in [0.25, 0.3) is 0 Å². The second-order valence-corrected chi connectivity index (χ2v) is 17.7. The minimum atomic E-state index is -2.04. The largest absolute Gasteiger partial charge is 0.507 e. The number of carbonyl (C=O) groups is 11. The summed E-state index contributed by atoms with van der Waals surface area (Å²) in [5.41, 5.74) is -0.837. The lowest BCUT2D eigenvalue weighted by Gasteiger charge is -2.50. The summed E-state index contributed by atoms with van der Waals surface area (Å²) >= 11 is 0.972. The lowest BCUT2D eigenvalue weighted by molar-refractivity contribution is -0.372. The molecular formula is C46H58O27S. The van der Waals surface area contributed by atoms with E-state index >= 15 is 0 Å². The first-order valence-electron chi connectivity index (χ1n) is 22.5. The molecule has 0 spiro atoms. The van der Waals surface area contributed by atoms with E-state index in [1.165, 1.54) is 18.2 Å². The van der Waals surface area contributed by atoms with E-state index in [-0.39, 0.29) is 17.1 Å². The zero-order valence-corrected chi connectivity index (χ0v) is 42.6. The summed E-state index contributed by atoms with van der Waals surface area (Å²) in [7, 11) is 0. The van der Waals surface area contributed by atoms with Crippen molar-refractivity contribution >= 4 is 77.7 Å². The average Bonchev–Trinajstić information content (AvgIpc) is 3.28. The van der Waals surface area contributed by atoms with Crippen molar-refractivity contribution in [1.82, 2.24) is 0 Å². The molecule has 0 saturated carbocycles. The molecule has 0 amide bonds. The van der Waals surface area contributed by atoms with E-state index in [1.54, 1.807) is 0 Å². The van der Waals surface area contributed by atoms with Crippen molar-refractivity contribution in [3.05, 3.63) is 29.3 Å². The van der Waals surface area contributed by atoms with Gasteiger partial charge in [-0.25, -0.2) is 0 Å². The monoisotopic (exact) mass is 1070 g/mol. The van der Waals surface area contributed by atoms with Crippen LogP contribution in [0.1, 0.15) is 85.2 Å². The lowest BCUT2D eigenvalue weighted by atomic mass is 9.95. The van der Waals surface area contributed by atoms with Gasteiger partial charge in [0.25, 0.3) is 0 Å². The summed E-state index contributed by atoms with van der Waals surface area (Å²) in [4.78, 5) is 138. The van der Waals surface area contributed by atoms with E-state index < -0.39 is 171 Å². The standard InChI is InChI=1S/C46H58O27S/c1-19(48)59-15-32-35(62-22(4)51)38(63-23(5)52)41(66-26(8)55)44(69-32)72-36-33(16-60-20(2)49)70-45(42(67-27(9)56)39(36)64-24(6)53)73-37-34(17-61-21(3)50)71-46(43(68-28(10)57)40(37)65-25(7)54)74-18-29-11-12-31(58)30(13-29)14-47/h11-14,32-46,58H,15-18H2,1-10H3/t32-,33-,34-,35-,36-,37-,38+,39+,40+,41-,42-,43-,44-,45-,46+/m1/s1. The van der Waals surface area contributed by atoms with Crippen LogP contribution in [0.4, 0.5) is 0 Å². The van der Waals surface area contributed by atoms with Gasteiger partial charge in [-0.1, -0.05) is 6.07 Å². The summed E-state index contributed by atoms with van der Waals surface area (Å²) in [6.07, 6.45) is -24.5. The predicted molar refractivity (Wildman–Crippen MR) is 239 cm³/mol. The fourth-order valence-electron chi connectivity index (χ4n) is 7.86. The Labute approximate surface area is 426 Å². The number of phenols is 1. The normalized spacial score (nSPS) is 29.4. The molecule has 3 aliphatic heterocycles. The van der Waals surface area contributed by atoms with Crippen LogP contribution in [0.3, 0.4) is 0 Å². The zero-order valence-electron chi connectivity index (χ0n) is 41.8. The van der Waals surface area contributed by atoms with E-state index in [0.29, 0.717) is 11.8 Å². The molecule has 0 radical (unpaired) electrons. The summed E-state index contributed by atoms with van der Waals surface area (Å²) in [5.74, 6) is -9.79. The zero-order chi connectivity index (χ0) is 55.1. The van der Waals surface area contributed by atoms with Crippen molar-refractivity contribution in [2.45, 2.75) is 166 Å². The average molecular weight is 1080 g/mol. The molecule has 28 heteroatoms. The molecule has 3 fully saturated rings. The number of hydrogen-bond donors (Lipinski definition) is 1. The third kappa shape index (κ3) is 17.6. The van der Waals surface area contributed by atoms with E-state index in [4.69, 9.17) is 71.1 Å². The number of thioether (sulfide) groups is 1. The summed E-state index contributed by atoms with van der Waals surface area (Å²) in [6, 6.07) is 4.17. The number of aldehydes is 1. The third-order valence-electron chi connectivity index (χ3n) is 10.5. The topological polar surface area (TPSA) is 346 Å². The Morgan fingerprint density at radius 2 is 0.797 bits per heavy atom. The number of hydrogen-bond acceptors (Lipinski definition) is 28. The van der Waals surface area contributed by atoms with Crippen LogP contribution in [0, 0.1) is 0 Å². The van der Waals surface area contributed by atoms with Crippen molar-refractivity contribution in [2.24, 2.45) is 0 Å². The minimum absolute atomic E-state index is 0.0191. The first kappa shape index (κ1) is 60.1. The molecule has 3 heterocycles. The Morgan fingerprint density at radius 3 is 1.19 bits per heavy atom. The van der Waals surface area contributed by atoms with Gasteiger partial charge >= 0.3 is 59.7 Å². The van der Waals surface area contributed by atoms with Gasteiger partial charge in [-0.05, 0) is 17.7 Å². The lowest BCUT2D eigenvalue weighted by Crippen LogP contribution is -2.68. The molecule has 0 aromatic heterocycles. The van der Waals surface area contributed by atoms with Crippen molar-refractivity contribution in [1.29, 1.82) is 0 Å². The maximum Gasteiger partial charge on any atom is 0.303 e. The second kappa shape index (κ2) is 27.7. The van der Waals surface area contributed by atoms with Crippen LogP contribution in [0.2, 0.25) is 0 Å². The fraction of sp³-hybridized carbons (Fsp3) is 0.630. The summed E-state index contributed by atoms with van der Waals surface area (Å²) in [6.45, 7) is 7.87. The van der Waals surface area contributed by atoms with Gasteiger partial charge in [-0.2, -0.15) is 0 Å². The fourth-order valence-corrected chi connectivity index (χ4v) is 9.01. The molecule has 0 aliphatic carbocycles. The van der Waals surface area contributed by atoms with Crippen LogP contribution in [0.15, 0.2) is 18.2 Å². The number of aromatic hydroxyl groups is 1.